The Balaban J connectivity index is 2.20. The average Bonchev–Trinajstić information content (AvgIpc) is 2.40. The Labute approximate surface area is 107 Å². The first-order valence-electron chi connectivity index (χ1n) is 5.86. The van der Waals surface area contributed by atoms with Crippen LogP contribution in [-0.2, 0) is 4.79 Å². The van der Waals surface area contributed by atoms with Gasteiger partial charge in [0.05, 0.1) is 0 Å². The second-order valence-electron chi connectivity index (χ2n) is 4.06. The molecule has 0 spiro atoms. The molecule has 0 fully saturated rings. The van der Waals surface area contributed by atoms with Crippen LogP contribution in [0.3, 0.4) is 0 Å². The van der Waals surface area contributed by atoms with E-state index < -0.39 is 0 Å². The van der Waals surface area contributed by atoms with Crippen molar-refractivity contribution in [3.05, 3.63) is 66.2 Å². The molecule has 0 atom stereocenters. The largest absolute Gasteiger partial charge is 0.369 e. The summed E-state index contributed by atoms with van der Waals surface area (Å²) in [5.74, 6) is -0.314. The zero-order valence-corrected chi connectivity index (χ0v) is 10.0. The van der Waals surface area contributed by atoms with Crippen molar-refractivity contribution in [2.75, 3.05) is 0 Å². The maximum absolute atomic E-state index is 10.6. The van der Waals surface area contributed by atoms with E-state index in [2.05, 4.69) is 24.3 Å². The fraction of sp³-hybridized carbons (Fsp3) is 0.0625. The topological polar surface area (TPSA) is 43.1 Å². The van der Waals surface area contributed by atoms with Crippen molar-refractivity contribution < 1.29 is 4.79 Å². The van der Waals surface area contributed by atoms with Crippen LogP contribution in [0.1, 0.15) is 12.0 Å². The van der Waals surface area contributed by atoms with Crippen LogP contribution in [0.2, 0.25) is 0 Å². The Morgan fingerprint density at radius 1 is 1.00 bits per heavy atom. The summed E-state index contributed by atoms with van der Waals surface area (Å²) in [6.45, 7) is 0. The van der Waals surface area contributed by atoms with Gasteiger partial charge in [-0.25, -0.2) is 0 Å². The third-order valence-corrected chi connectivity index (χ3v) is 2.62. The molecule has 0 aromatic heterocycles. The molecular weight excluding hydrogens is 222 g/mol. The quantitative estimate of drug-likeness (QED) is 0.871. The second-order valence-corrected chi connectivity index (χ2v) is 4.06. The maximum Gasteiger partial charge on any atom is 0.221 e. The highest BCUT2D eigenvalue weighted by Gasteiger charge is 1.96. The van der Waals surface area contributed by atoms with Crippen LogP contribution in [0.5, 0.6) is 0 Å². The zero-order valence-electron chi connectivity index (χ0n) is 10.0. The van der Waals surface area contributed by atoms with E-state index in [1.165, 1.54) is 5.56 Å². The number of amides is 1. The molecule has 0 aliphatic heterocycles. The average molecular weight is 237 g/mol. The Hall–Kier alpha value is -2.35. The van der Waals surface area contributed by atoms with Crippen molar-refractivity contribution >= 4 is 12.0 Å². The molecular formula is C16H15NO. The smallest absolute Gasteiger partial charge is 0.221 e. The molecule has 2 aromatic rings. The molecule has 0 heterocycles. The van der Waals surface area contributed by atoms with E-state index in [0.29, 0.717) is 0 Å². The van der Waals surface area contributed by atoms with E-state index in [0.717, 1.165) is 11.1 Å². The molecule has 1 amide bonds. The highest BCUT2D eigenvalue weighted by Crippen LogP contribution is 2.20. The molecule has 2 nitrogen and oxygen atoms in total. The van der Waals surface area contributed by atoms with Crippen molar-refractivity contribution in [2.45, 2.75) is 6.42 Å². The van der Waals surface area contributed by atoms with Gasteiger partial charge in [0, 0.05) is 6.42 Å². The standard InChI is InChI=1S/C16H15NO/c17-16(18)11-5-7-13-6-4-10-15(12-13)14-8-2-1-3-9-14/h1-10,12H,11H2,(H2,17,18). The summed E-state index contributed by atoms with van der Waals surface area (Å²) in [5.41, 5.74) is 8.50. The van der Waals surface area contributed by atoms with Crippen LogP contribution in [0.15, 0.2) is 60.7 Å². The van der Waals surface area contributed by atoms with E-state index in [1.807, 2.05) is 36.4 Å². The molecule has 2 heteroatoms. The lowest BCUT2D eigenvalue weighted by molar-refractivity contribution is -0.117. The first-order valence-corrected chi connectivity index (χ1v) is 5.86. The van der Waals surface area contributed by atoms with E-state index in [-0.39, 0.29) is 12.3 Å². The monoisotopic (exact) mass is 237 g/mol. The maximum atomic E-state index is 10.6. The number of primary amides is 1. The van der Waals surface area contributed by atoms with E-state index in [1.54, 1.807) is 6.08 Å². The molecule has 0 aliphatic rings. The predicted molar refractivity (Wildman–Crippen MR) is 74.7 cm³/mol. The lowest BCUT2D eigenvalue weighted by Gasteiger charge is -2.02. The summed E-state index contributed by atoms with van der Waals surface area (Å²) in [5, 5.41) is 0. The number of hydrogen-bond acceptors (Lipinski definition) is 1. The minimum Gasteiger partial charge on any atom is -0.369 e. The van der Waals surface area contributed by atoms with Gasteiger partial charge in [-0.15, -0.1) is 0 Å². The van der Waals surface area contributed by atoms with E-state index in [4.69, 9.17) is 5.73 Å². The van der Waals surface area contributed by atoms with Gasteiger partial charge in [0.1, 0.15) is 0 Å². The Morgan fingerprint density at radius 3 is 2.44 bits per heavy atom. The minimum absolute atomic E-state index is 0.273. The number of hydrogen-bond donors (Lipinski definition) is 1. The predicted octanol–water partition coefficient (Wildman–Crippen LogP) is 3.24. The number of carbonyl (C=O) groups is 1. The number of rotatable bonds is 4. The van der Waals surface area contributed by atoms with Gasteiger partial charge >= 0.3 is 0 Å². The van der Waals surface area contributed by atoms with Gasteiger partial charge in [-0.2, -0.15) is 0 Å². The molecule has 0 unspecified atom stereocenters. The highest BCUT2D eigenvalue weighted by atomic mass is 16.1. The lowest BCUT2D eigenvalue weighted by Crippen LogP contribution is -2.07. The molecule has 0 saturated carbocycles. The Morgan fingerprint density at radius 2 is 1.72 bits per heavy atom. The Bertz CT molecular complexity index is 558. The van der Waals surface area contributed by atoms with E-state index >= 15 is 0 Å². The van der Waals surface area contributed by atoms with Crippen molar-refractivity contribution in [2.24, 2.45) is 5.73 Å². The normalized spacial score (nSPS) is 10.7. The third-order valence-electron chi connectivity index (χ3n) is 2.62. The number of nitrogens with two attached hydrogens (primary N) is 1. The van der Waals surface area contributed by atoms with Gasteiger partial charge in [-0.1, -0.05) is 60.7 Å². The summed E-state index contributed by atoms with van der Waals surface area (Å²) in [6.07, 6.45) is 3.97. The molecule has 0 bridgehead atoms. The molecule has 0 radical (unpaired) electrons. The van der Waals surface area contributed by atoms with Gasteiger partial charge in [0.2, 0.25) is 5.91 Å². The molecule has 90 valence electrons. The second kappa shape index (κ2) is 5.82. The molecule has 2 rings (SSSR count). The summed E-state index contributed by atoms with van der Waals surface area (Å²) in [7, 11) is 0. The van der Waals surface area contributed by atoms with Crippen LogP contribution in [0, 0.1) is 0 Å². The van der Waals surface area contributed by atoms with Gasteiger partial charge in [0.25, 0.3) is 0 Å². The fourth-order valence-corrected chi connectivity index (χ4v) is 1.76. The van der Waals surface area contributed by atoms with Gasteiger partial charge in [-0.05, 0) is 22.8 Å². The van der Waals surface area contributed by atoms with Crippen molar-refractivity contribution in [1.29, 1.82) is 0 Å². The third kappa shape index (κ3) is 3.32. The zero-order chi connectivity index (χ0) is 12.8. The van der Waals surface area contributed by atoms with Crippen LogP contribution < -0.4 is 5.73 Å². The van der Waals surface area contributed by atoms with Crippen molar-refractivity contribution in [3.8, 4) is 11.1 Å². The van der Waals surface area contributed by atoms with Crippen LogP contribution in [-0.4, -0.2) is 5.91 Å². The first-order chi connectivity index (χ1) is 8.75. The molecule has 0 aliphatic carbocycles. The number of benzene rings is 2. The fourth-order valence-electron chi connectivity index (χ4n) is 1.76. The van der Waals surface area contributed by atoms with Gasteiger partial charge in [-0.3, -0.25) is 4.79 Å². The van der Waals surface area contributed by atoms with Gasteiger partial charge < -0.3 is 5.73 Å². The Kier molecular flexibility index (Phi) is 3.92. The highest BCUT2D eigenvalue weighted by molar-refractivity contribution is 5.76. The van der Waals surface area contributed by atoms with Crippen molar-refractivity contribution in [1.82, 2.24) is 0 Å². The molecule has 18 heavy (non-hydrogen) atoms. The molecule has 2 N–H and O–H groups in total. The lowest BCUT2D eigenvalue weighted by atomic mass is 10.0. The van der Waals surface area contributed by atoms with Crippen molar-refractivity contribution in [3.63, 3.8) is 0 Å². The summed E-state index contributed by atoms with van der Waals surface area (Å²) >= 11 is 0. The molecule has 0 saturated heterocycles. The SMILES string of the molecule is NC(=O)CC=Cc1cccc(-c2ccccc2)c1. The van der Waals surface area contributed by atoms with Crippen LogP contribution in [0.4, 0.5) is 0 Å². The number of carbonyl (C=O) groups excluding carboxylic acids is 1. The van der Waals surface area contributed by atoms with Crippen LogP contribution >= 0.6 is 0 Å². The minimum atomic E-state index is -0.314. The first kappa shape index (κ1) is 12.1. The summed E-state index contributed by atoms with van der Waals surface area (Å²) in [6, 6.07) is 18.4. The summed E-state index contributed by atoms with van der Waals surface area (Å²) in [4.78, 5) is 10.6. The van der Waals surface area contributed by atoms with Crippen LogP contribution in [0.25, 0.3) is 17.2 Å². The van der Waals surface area contributed by atoms with Gasteiger partial charge in [0.15, 0.2) is 0 Å². The summed E-state index contributed by atoms with van der Waals surface area (Å²) < 4.78 is 0. The molecule has 2 aromatic carbocycles. The van der Waals surface area contributed by atoms with E-state index in [9.17, 15) is 4.79 Å².